The van der Waals surface area contributed by atoms with E-state index in [0.717, 1.165) is 30.6 Å². The van der Waals surface area contributed by atoms with Crippen molar-refractivity contribution in [2.75, 3.05) is 20.3 Å². The normalized spacial score (nSPS) is 22.1. The summed E-state index contributed by atoms with van der Waals surface area (Å²) >= 11 is 1.70. The van der Waals surface area contributed by atoms with Gasteiger partial charge >= 0.3 is 5.97 Å². The second-order valence-electron chi connectivity index (χ2n) is 6.77. The molecule has 5 nitrogen and oxygen atoms in total. The van der Waals surface area contributed by atoms with E-state index in [1.807, 2.05) is 4.90 Å². The minimum atomic E-state index is -0.551. The zero-order chi connectivity index (χ0) is 17.2. The Morgan fingerprint density at radius 2 is 2.17 bits per heavy atom. The van der Waals surface area contributed by atoms with Gasteiger partial charge in [0.05, 0.1) is 25.5 Å². The summed E-state index contributed by atoms with van der Waals surface area (Å²) in [7, 11) is 1.64. The van der Waals surface area contributed by atoms with E-state index in [2.05, 4.69) is 19.1 Å². The number of ether oxygens (including phenoxy) is 2. The predicted octanol–water partition coefficient (Wildman–Crippen LogP) is 2.91. The summed E-state index contributed by atoms with van der Waals surface area (Å²) in [6, 6.07) is 4.13. The Morgan fingerprint density at radius 1 is 1.42 bits per heavy atom. The van der Waals surface area contributed by atoms with Crippen molar-refractivity contribution in [1.29, 1.82) is 0 Å². The van der Waals surface area contributed by atoms with E-state index >= 15 is 0 Å². The SMILES string of the molecule is COCCN(Cc1ccc(C)s1)C(=O)[C@H]1CC(=O)OC12CCCC2. The van der Waals surface area contributed by atoms with Gasteiger partial charge in [-0.3, -0.25) is 9.59 Å². The molecule has 0 bridgehead atoms. The number of methoxy groups -OCH3 is 1. The molecule has 132 valence electrons. The summed E-state index contributed by atoms with van der Waals surface area (Å²) in [6.07, 6.45) is 3.89. The highest BCUT2D eigenvalue weighted by atomic mass is 32.1. The Labute approximate surface area is 146 Å². The first kappa shape index (κ1) is 17.4. The van der Waals surface area contributed by atoms with Crippen LogP contribution in [0.3, 0.4) is 0 Å². The fourth-order valence-corrected chi connectivity index (χ4v) is 4.78. The Hall–Kier alpha value is -1.40. The van der Waals surface area contributed by atoms with Crippen LogP contribution in [0.5, 0.6) is 0 Å². The van der Waals surface area contributed by atoms with E-state index in [9.17, 15) is 9.59 Å². The minimum Gasteiger partial charge on any atom is -0.458 e. The molecule has 1 aliphatic heterocycles. The molecule has 1 amide bonds. The lowest BCUT2D eigenvalue weighted by atomic mass is 9.84. The lowest BCUT2D eigenvalue weighted by Crippen LogP contribution is -2.45. The van der Waals surface area contributed by atoms with Crippen LogP contribution < -0.4 is 0 Å². The number of hydrogen-bond acceptors (Lipinski definition) is 5. The van der Waals surface area contributed by atoms with Crippen molar-refractivity contribution in [2.24, 2.45) is 5.92 Å². The fraction of sp³-hybridized carbons (Fsp3) is 0.667. The van der Waals surface area contributed by atoms with E-state index in [-0.39, 0.29) is 24.2 Å². The molecule has 1 spiro atoms. The van der Waals surface area contributed by atoms with Crippen molar-refractivity contribution in [1.82, 2.24) is 4.90 Å². The molecule has 2 fully saturated rings. The second kappa shape index (κ2) is 7.23. The molecule has 1 saturated heterocycles. The van der Waals surface area contributed by atoms with E-state index in [0.29, 0.717) is 19.7 Å². The number of carbonyl (C=O) groups excluding carboxylic acids is 2. The van der Waals surface area contributed by atoms with Crippen LogP contribution in [0.25, 0.3) is 0 Å². The van der Waals surface area contributed by atoms with Gasteiger partial charge in [-0.1, -0.05) is 0 Å². The first-order chi connectivity index (χ1) is 11.5. The predicted molar refractivity (Wildman–Crippen MR) is 91.7 cm³/mol. The Morgan fingerprint density at radius 3 is 2.79 bits per heavy atom. The van der Waals surface area contributed by atoms with Gasteiger partial charge in [-0.2, -0.15) is 0 Å². The summed E-state index contributed by atoms with van der Waals surface area (Å²) in [5, 5.41) is 0. The summed E-state index contributed by atoms with van der Waals surface area (Å²) < 4.78 is 10.8. The number of aryl methyl sites for hydroxylation is 1. The highest BCUT2D eigenvalue weighted by molar-refractivity contribution is 7.11. The van der Waals surface area contributed by atoms with E-state index in [1.165, 1.54) is 4.88 Å². The van der Waals surface area contributed by atoms with Crippen LogP contribution in [0.1, 0.15) is 41.9 Å². The fourth-order valence-electron chi connectivity index (χ4n) is 3.88. The number of rotatable bonds is 6. The van der Waals surface area contributed by atoms with Gasteiger partial charge in [-0.05, 0) is 44.7 Å². The smallest absolute Gasteiger partial charge is 0.307 e. The molecule has 24 heavy (non-hydrogen) atoms. The molecular weight excluding hydrogens is 326 g/mol. The van der Waals surface area contributed by atoms with Crippen LogP contribution >= 0.6 is 11.3 Å². The number of carbonyl (C=O) groups is 2. The third kappa shape index (κ3) is 3.49. The molecule has 0 radical (unpaired) electrons. The van der Waals surface area contributed by atoms with Gasteiger partial charge in [0.1, 0.15) is 5.60 Å². The maximum absolute atomic E-state index is 13.2. The summed E-state index contributed by atoms with van der Waals surface area (Å²) in [5.74, 6) is -0.537. The lowest BCUT2D eigenvalue weighted by molar-refractivity contribution is -0.152. The van der Waals surface area contributed by atoms with Crippen molar-refractivity contribution in [3.8, 4) is 0 Å². The molecule has 0 aromatic carbocycles. The molecule has 1 saturated carbocycles. The van der Waals surface area contributed by atoms with E-state index < -0.39 is 5.60 Å². The quantitative estimate of drug-likeness (QED) is 0.740. The van der Waals surface area contributed by atoms with Crippen LogP contribution in [0.15, 0.2) is 12.1 Å². The van der Waals surface area contributed by atoms with Gasteiger partial charge < -0.3 is 14.4 Å². The molecule has 1 aliphatic carbocycles. The van der Waals surface area contributed by atoms with Crippen LogP contribution in [0.4, 0.5) is 0 Å². The summed E-state index contributed by atoms with van der Waals surface area (Å²) in [4.78, 5) is 29.3. The molecule has 3 rings (SSSR count). The van der Waals surface area contributed by atoms with Crippen molar-refractivity contribution >= 4 is 23.2 Å². The molecule has 0 unspecified atom stereocenters. The van der Waals surface area contributed by atoms with Crippen LogP contribution in [0.2, 0.25) is 0 Å². The van der Waals surface area contributed by atoms with Crippen LogP contribution in [0, 0.1) is 12.8 Å². The third-order valence-electron chi connectivity index (χ3n) is 5.09. The van der Waals surface area contributed by atoms with Gasteiger partial charge in [0.25, 0.3) is 0 Å². The van der Waals surface area contributed by atoms with Gasteiger partial charge in [-0.15, -0.1) is 11.3 Å². The van der Waals surface area contributed by atoms with Gasteiger partial charge in [-0.25, -0.2) is 0 Å². The number of nitrogens with zero attached hydrogens (tertiary/aromatic N) is 1. The molecule has 1 aromatic rings. The third-order valence-corrected chi connectivity index (χ3v) is 6.08. The maximum atomic E-state index is 13.2. The molecule has 2 aliphatic rings. The molecule has 0 N–H and O–H groups in total. The number of amides is 1. The Bertz CT molecular complexity index is 606. The van der Waals surface area contributed by atoms with Crippen LogP contribution in [-0.4, -0.2) is 42.6 Å². The zero-order valence-corrected chi connectivity index (χ0v) is 15.2. The van der Waals surface area contributed by atoms with Crippen molar-refractivity contribution in [3.63, 3.8) is 0 Å². The number of thiophene rings is 1. The Kier molecular flexibility index (Phi) is 5.25. The standard InChI is InChI=1S/C18H25NO4S/c1-13-5-6-14(24-13)12-19(9-10-22-2)17(21)15-11-16(20)23-18(15)7-3-4-8-18/h5-6,15H,3-4,7-12H2,1-2H3/t15-/m1/s1. The highest BCUT2D eigenvalue weighted by Crippen LogP contribution is 2.46. The summed E-state index contributed by atoms with van der Waals surface area (Å²) in [5.41, 5.74) is -0.551. The van der Waals surface area contributed by atoms with Gasteiger partial charge in [0.15, 0.2) is 0 Å². The topological polar surface area (TPSA) is 55.8 Å². The monoisotopic (exact) mass is 351 g/mol. The molecule has 1 atom stereocenters. The second-order valence-corrected chi connectivity index (χ2v) is 8.14. The maximum Gasteiger partial charge on any atom is 0.307 e. The largest absolute Gasteiger partial charge is 0.458 e. The summed E-state index contributed by atoms with van der Waals surface area (Å²) in [6.45, 7) is 3.66. The van der Waals surface area contributed by atoms with Crippen molar-refractivity contribution in [2.45, 2.75) is 51.2 Å². The highest BCUT2D eigenvalue weighted by Gasteiger charge is 2.54. The van der Waals surface area contributed by atoms with Crippen molar-refractivity contribution < 1.29 is 19.1 Å². The average Bonchev–Trinajstić information content (AvgIpc) is 3.25. The minimum absolute atomic E-state index is 0.0332. The lowest BCUT2D eigenvalue weighted by Gasteiger charge is -2.32. The van der Waals surface area contributed by atoms with Crippen molar-refractivity contribution in [3.05, 3.63) is 21.9 Å². The number of hydrogen-bond donors (Lipinski definition) is 0. The van der Waals surface area contributed by atoms with E-state index in [4.69, 9.17) is 9.47 Å². The molecular formula is C18H25NO4S. The average molecular weight is 351 g/mol. The van der Waals surface area contributed by atoms with Gasteiger partial charge in [0, 0.05) is 23.4 Å². The van der Waals surface area contributed by atoms with Gasteiger partial charge in [0.2, 0.25) is 5.91 Å². The molecule has 6 heteroatoms. The number of esters is 1. The van der Waals surface area contributed by atoms with Crippen LogP contribution in [-0.2, 0) is 25.6 Å². The molecule has 2 heterocycles. The Balaban J connectivity index is 1.78. The van der Waals surface area contributed by atoms with E-state index in [1.54, 1.807) is 18.4 Å². The first-order valence-electron chi connectivity index (χ1n) is 8.59. The first-order valence-corrected chi connectivity index (χ1v) is 9.40. The zero-order valence-electron chi connectivity index (χ0n) is 14.4. The molecule has 1 aromatic heterocycles.